The maximum atomic E-state index is 12.7. The standard InChI is InChI=1S/C23H31N3O7S2/c1-3-19-4-6-20(7-5-19)26(34(2,28)29)18-23(27)24-12-15-33-21-8-10-22(11-9-21)35(30,31)25-13-16-32-17-14-25/h4-11H,3,12-18H2,1-2H3,(H,24,27). The number of nitrogens with one attached hydrogen (secondary N) is 1. The van der Waals surface area contributed by atoms with Gasteiger partial charge >= 0.3 is 0 Å². The van der Waals surface area contributed by atoms with E-state index in [9.17, 15) is 21.6 Å². The summed E-state index contributed by atoms with van der Waals surface area (Å²) in [6.07, 6.45) is 1.88. The van der Waals surface area contributed by atoms with E-state index < -0.39 is 26.0 Å². The highest BCUT2D eigenvalue weighted by molar-refractivity contribution is 7.92. The first-order chi connectivity index (χ1) is 16.6. The average Bonchev–Trinajstić information content (AvgIpc) is 2.85. The molecule has 0 aliphatic carbocycles. The molecular formula is C23H31N3O7S2. The number of morpholine rings is 1. The molecule has 0 bridgehead atoms. The summed E-state index contributed by atoms with van der Waals surface area (Å²) in [7, 11) is -7.23. The summed E-state index contributed by atoms with van der Waals surface area (Å²) in [6, 6.07) is 13.1. The number of sulfonamides is 2. The van der Waals surface area contributed by atoms with Crippen LogP contribution >= 0.6 is 0 Å². The zero-order chi connectivity index (χ0) is 25.5. The lowest BCUT2D eigenvalue weighted by atomic mass is 10.1. The van der Waals surface area contributed by atoms with Crippen molar-refractivity contribution in [1.82, 2.24) is 9.62 Å². The minimum Gasteiger partial charge on any atom is -0.492 e. The number of hydrogen-bond acceptors (Lipinski definition) is 7. The fraction of sp³-hybridized carbons (Fsp3) is 0.435. The van der Waals surface area contributed by atoms with Gasteiger partial charge in [-0.05, 0) is 48.4 Å². The van der Waals surface area contributed by atoms with E-state index in [0.717, 1.165) is 22.5 Å². The Balaban J connectivity index is 1.49. The van der Waals surface area contributed by atoms with Gasteiger partial charge in [-0.15, -0.1) is 0 Å². The normalized spacial score (nSPS) is 14.9. The Bertz CT molecular complexity index is 1190. The van der Waals surface area contributed by atoms with Crippen LogP contribution in [-0.2, 0) is 36.0 Å². The molecule has 1 saturated heterocycles. The first-order valence-electron chi connectivity index (χ1n) is 11.3. The Kier molecular flexibility index (Phi) is 9.11. The quantitative estimate of drug-likeness (QED) is 0.438. The molecule has 12 heteroatoms. The molecule has 192 valence electrons. The van der Waals surface area contributed by atoms with E-state index in [1.165, 1.54) is 16.4 Å². The summed E-state index contributed by atoms with van der Waals surface area (Å²) in [5.74, 6) is -0.0144. The van der Waals surface area contributed by atoms with E-state index in [1.807, 2.05) is 19.1 Å². The monoisotopic (exact) mass is 525 g/mol. The zero-order valence-electron chi connectivity index (χ0n) is 19.8. The van der Waals surface area contributed by atoms with E-state index >= 15 is 0 Å². The lowest BCUT2D eigenvalue weighted by Gasteiger charge is -2.26. The molecule has 35 heavy (non-hydrogen) atoms. The smallest absolute Gasteiger partial charge is 0.243 e. The van der Waals surface area contributed by atoms with Crippen LogP contribution in [0.3, 0.4) is 0 Å². The fourth-order valence-corrected chi connectivity index (χ4v) is 5.75. The maximum Gasteiger partial charge on any atom is 0.243 e. The molecule has 2 aromatic rings. The van der Waals surface area contributed by atoms with Crippen LogP contribution in [0, 0.1) is 0 Å². The number of aryl methyl sites for hydroxylation is 1. The average molecular weight is 526 g/mol. The number of carbonyl (C=O) groups excluding carboxylic acids is 1. The number of ether oxygens (including phenoxy) is 2. The molecule has 3 rings (SSSR count). The molecule has 1 fully saturated rings. The summed E-state index contributed by atoms with van der Waals surface area (Å²) < 4.78 is 63.0. The van der Waals surface area contributed by atoms with Gasteiger partial charge in [0.2, 0.25) is 26.0 Å². The highest BCUT2D eigenvalue weighted by Crippen LogP contribution is 2.21. The second-order valence-corrected chi connectivity index (χ2v) is 11.8. The van der Waals surface area contributed by atoms with E-state index in [0.29, 0.717) is 37.7 Å². The van der Waals surface area contributed by atoms with Crippen LogP contribution in [-0.4, -0.2) is 79.3 Å². The Hall–Kier alpha value is -2.67. The van der Waals surface area contributed by atoms with Gasteiger partial charge in [-0.2, -0.15) is 4.31 Å². The van der Waals surface area contributed by atoms with Crippen molar-refractivity contribution >= 4 is 31.6 Å². The fourth-order valence-electron chi connectivity index (χ4n) is 3.49. The van der Waals surface area contributed by atoms with Crippen LogP contribution in [0.25, 0.3) is 0 Å². The summed E-state index contributed by atoms with van der Waals surface area (Å²) in [4.78, 5) is 12.5. The number of carbonyl (C=O) groups is 1. The number of hydrogen-bond donors (Lipinski definition) is 1. The lowest BCUT2D eigenvalue weighted by molar-refractivity contribution is -0.119. The largest absolute Gasteiger partial charge is 0.492 e. The number of amides is 1. The van der Waals surface area contributed by atoms with Gasteiger partial charge in [0.25, 0.3) is 0 Å². The maximum absolute atomic E-state index is 12.7. The topological polar surface area (TPSA) is 122 Å². The molecule has 0 aromatic heterocycles. The molecule has 1 aliphatic rings. The van der Waals surface area contributed by atoms with Crippen LogP contribution in [0.4, 0.5) is 5.69 Å². The van der Waals surface area contributed by atoms with Crippen molar-refractivity contribution in [3.05, 3.63) is 54.1 Å². The Labute approximate surface area is 206 Å². The molecule has 2 aromatic carbocycles. The molecule has 10 nitrogen and oxygen atoms in total. The van der Waals surface area contributed by atoms with Gasteiger partial charge in [-0.25, -0.2) is 16.8 Å². The van der Waals surface area contributed by atoms with Crippen LogP contribution in [0.5, 0.6) is 5.75 Å². The second kappa shape index (κ2) is 11.8. The third-order valence-electron chi connectivity index (χ3n) is 5.44. The summed E-state index contributed by atoms with van der Waals surface area (Å²) in [5, 5.41) is 2.64. The summed E-state index contributed by atoms with van der Waals surface area (Å²) in [5.41, 5.74) is 1.48. The molecule has 0 atom stereocenters. The highest BCUT2D eigenvalue weighted by atomic mass is 32.2. The van der Waals surface area contributed by atoms with Gasteiger partial charge in [-0.1, -0.05) is 19.1 Å². The molecule has 0 radical (unpaired) electrons. The molecule has 0 saturated carbocycles. The van der Waals surface area contributed by atoms with Gasteiger partial charge in [0.1, 0.15) is 18.9 Å². The Morgan fingerprint density at radius 2 is 1.66 bits per heavy atom. The minimum atomic E-state index is -3.65. The Morgan fingerprint density at radius 1 is 1.03 bits per heavy atom. The highest BCUT2D eigenvalue weighted by Gasteiger charge is 2.26. The summed E-state index contributed by atoms with van der Waals surface area (Å²) in [6.45, 7) is 3.32. The van der Waals surface area contributed by atoms with Crippen molar-refractivity contribution < 1.29 is 31.1 Å². The number of rotatable bonds is 11. The van der Waals surface area contributed by atoms with Crippen LogP contribution in [0.2, 0.25) is 0 Å². The van der Waals surface area contributed by atoms with E-state index in [-0.39, 0.29) is 24.6 Å². The van der Waals surface area contributed by atoms with Gasteiger partial charge < -0.3 is 14.8 Å². The first-order valence-corrected chi connectivity index (χ1v) is 14.5. The number of benzene rings is 2. The first kappa shape index (κ1) is 26.9. The molecule has 1 aliphatic heterocycles. The van der Waals surface area contributed by atoms with Crippen molar-refractivity contribution in [3.8, 4) is 5.75 Å². The zero-order valence-corrected chi connectivity index (χ0v) is 21.5. The van der Waals surface area contributed by atoms with E-state index in [2.05, 4.69) is 5.32 Å². The molecule has 0 spiro atoms. The molecule has 1 heterocycles. The van der Waals surface area contributed by atoms with Crippen molar-refractivity contribution in [2.24, 2.45) is 0 Å². The molecule has 1 amide bonds. The van der Waals surface area contributed by atoms with E-state index in [1.54, 1.807) is 24.3 Å². The van der Waals surface area contributed by atoms with Gasteiger partial charge in [0, 0.05) is 13.1 Å². The third-order valence-corrected chi connectivity index (χ3v) is 8.50. The second-order valence-electron chi connectivity index (χ2n) is 7.98. The van der Waals surface area contributed by atoms with E-state index in [4.69, 9.17) is 9.47 Å². The predicted molar refractivity (Wildman–Crippen MR) is 133 cm³/mol. The van der Waals surface area contributed by atoms with Crippen molar-refractivity contribution in [2.75, 3.05) is 56.6 Å². The van der Waals surface area contributed by atoms with Crippen LogP contribution in [0.15, 0.2) is 53.4 Å². The minimum absolute atomic E-state index is 0.130. The van der Waals surface area contributed by atoms with Gasteiger partial charge in [-0.3, -0.25) is 9.10 Å². The third kappa shape index (κ3) is 7.40. The lowest BCUT2D eigenvalue weighted by Crippen LogP contribution is -2.41. The Morgan fingerprint density at radius 3 is 2.23 bits per heavy atom. The van der Waals surface area contributed by atoms with Crippen molar-refractivity contribution in [3.63, 3.8) is 0 Å². The molecular weight excluding hydrogens is 494 g/mol. The summed E-state index contributed by atoms with van der Waals surface area (Å²) >= 11 is 0. The van der Waals surface area contributed by atoms with Crippen molar-refractivity contribution in [2.45, 2.75) is 18.2 Å². The molecule has 1 N–H and O–H groups in total. The molecule has 0 unspecified atom stereocenters. The number of anilines is 1. The van der Waals surface area contributed by atoms with Gasteiger partial charge in [0.05, 0.1) is 36.6 Å². The predicted octanol–water partition coefficient (Wildman–Crippen LogP) is 1.23. The number of nitrogens with zero attached hydrogens (tertiary/aromatic N) is 2. The van der Waals surface area contributed by atoms with Gasteiger partial charge in [0.15, 0.2) is 0 Å². The van der Waals surface area contributed by atoms with Crippen molar-refractivity contribution in [1.29, 1.82) is 0 Å². The SMILES string of the molecule is CCc1ccc(N(CC(=O)NCCOc2ccc(S(=O)(=O)N3CCOCC3)cc2)S(C)(=O)=O)cc1. The van der Waals surface area contributed by atoms with Crippen LogP contribution < -0.4 is 14.4 Å². The van der Waals surface area contributed by atoms with Crippen LogP contribution in [0.1, 0.15) is 12.5 Å².